The normalized spacial score (nSPS) is 11.9. The number of aromatic nitrogens is 3. The summed E-state index contributed by atoms with van der Waals surface area (Å²) in [6.07, 6.45) is 0. The molecule has 0 spiro atoms. The fourth-order valence-corrected chi connectivity index (χ4v) is 4.92. The number of rotatable bonds is 7. The molecule has 2 aromatic heterocycles. The molecule has 0 radical (unpaired) electrons. The van der Waals surface area contributed by atoms with Crippen molar-refractivity contribution in [2.75, 3.05) is 5.75 Å². The van der Waals surface area contributed by atoms with Crippen molar-refractivity contribution in [3.63, 3.8) is 0 Å². The second kappa shape index (κ2) is 9.42. The van der Waals surface area contributed by atoms with Crippen LogP contribution in [-0.4, -0.2) is 26.1 Å². The summed E-state index contributed by atoms with van der Waals surface area (Å²) >= 11 is 2.38. The molecule has 0 saturated carbocycles. The standard InChI is InChI=1S/C23H17FN4O2S2/c1-14-12-31-21(26-14)18(10-25)20(29)13-32-23-27-19-5-3-2-4-17(19)22(30)28(23)11-15-6-8-16(24)9-7-15/h2-9,12,18H,11,13H2,1H3. The van der Waals surface area contributed by atoms with Gasteiger partial charge in [0.05, 0.1) is 29.3 Å². The van der Waals surface area contributed by atoms with E-state index in [1.165, 1.54) is 28.0 Å². The van der Waals surface area contributed by atoms with Gasteiger partial charge < -0.3 is 0 Å². The molecule has 0 aliphatic rings. The third-order valence-corrected chi connectivity index (χ3v) is 6.79. The lowest BCUT2D eigenvalue weighted by Gasteiger charge is -2.13. The van der Waals surface area contributed by atoms with E-state index in [1.807, 2.05) is 6.07 Å². The Labute approximate surface area is 191 Å². The van der Waals surface area contributed by atoms with Crippen LogP contribution in [0.5, 0.6) is 0 Å². The monoisotopic (exact) mass is 464 g/mol. The highest BCUT2D eigenvalue weighted by Gasteiger charge is 2.24. The SMILES string of the molecule is Cc1csc(C(C#N)C(=O)CSc2nc3ccccc3c(=O)n2Cc2ccc(F)cc2)n1. The van der Waals surface area contributed by atoms with E-state index in [-0.39, 0.29) is 29.5 Å². The first-order valence-electron chi connectivity index (χ1n) is 9.67. The topological polar surface area (TPSA) is 88.6 Å². The van der Waals surface area contributed by atoms with Gasteiger partial charge in [0.15, 0.2) is 16.9 Å². The summed E-state index contributed by atoms with van der Waals surface area (Å²) < 4.78 is 14.8. The van der Waals surface area contributed by atoms with Crippen LogP contribution in [0, 0.1) is 24.1 Å². The maximum atomic E-state index is 13.3. The van der Waals surface area contributed by atoms with Gasteiger partial charge in [-0.2, -0.15) is 5.26 Å². The van der Waals surface area contributed by atoms with E-state index in [0.717, 1.165) is 23.0 Å². The molecule has 160 valence electrons. The summed E-state index contributed by atoms with van der Waals surface area (Å²) in [5.41, 5.74) is 1.76. The molecule has 1 atom stereocenters. The van der Waals surface area contributed by atoms with Crippen LogP contribution < -0.4 is 5.56 Å². The van der Waals surface area contributed by atoms with E-state index < -0.39 is 5.92 Å². The number of hydrogen-bond donors (Lipinski definition) is 0. The number of nitrogens with zero attached hydrogens (tertiary/aromatic N) is 4. The van der Waals surface area contributed by atoms with Crippen molar-refractivity contribution >= 4 is 39.8 Å². The lowest BCUT2D eigenvalue weighted by atomic mass is 10.1. The zero-order valence-corrected chi connectivity index (χ0v) is 18.6. The summed E-state index contributed by atoms with van der Waals surface area (Å²) in [7, 11) is 0. The Hall–Kier alpha value is -3.35. The summed E-state index contributed by atoms with van der Waals surface area (Å²) in [6, 6.07) is 14.9. The smallest absolute Gasteiger partial charge is 0.262 e. The molecule has 9 heteroatoms. The lowest BCUT2D eigenvalue weighted by molar-refractivity contribution is -0.116. The highest BCUT2D eigenvalue weighted by molar-refractivity contribution is 7.99. The van der Waals surface area contributed by atoms with Crippen LogP contribution in [0.15, 0.2) is 63.9 Å². The Morgan fingerprint density at radius 3 is 2.66 bits per heavy atom. The maximum Gasteiger partial charge on any atom is 0.262 e. The van der Waals surface area contributed by atoms with Gasteiger partial charge >= 0.3 is 0 Å². The van der Waals surface area contributed by atoms with Gasteiger partial charge in [0.25, 0.3) is 5.56 Å². The van der Waals surface area contributed by atoms with Crippen LogP contribution in [-0.2, 0) is 11.3 Å². The van der Waals surface area contributed by atoms with E-state index in [0.29, 0.717) is 21.1 Å². The molecular weight excluding hydrogens is 447 g/mol. The molecule has 0 fully saturated rings. The van der Waals surface area contributed by atoms with Gasteiger partial charge in [0, 0.05) is 11.1 Å². The van der Waals surface area contributed by atoms with Crippen molar-refractivity contribution < 1.29 is 9.18 Å². The van der Waals surface area contributed by atoms with Crippen LogP contribution in [0.4, 0.5) is 4.39 Å². The Morgan fingerprint density at radius 2 is 1.97 bits per heavy atom. The molecule has 32 heavy (non-hydrogen) atoms. The zero-order chi connectivity index (χ0) is 22.7. The molecule has 0 amide bonds. The maximum absolute atomic E-state index is 13.3. The van der Waals surface area contributed by atoms with E-state index >= 15 is 0 Å². The molecule has 1 unspecified atom stereocenters. The number of carbonyl (C=O) groups is 1. The van der Waals surface area contributed by atoms with Crippen molar-refractivity contribution in [3.8, 4) is 6.07 Å². The Kier molecular flexibility index (Phi) is 6.44. The van der Waals surface area contributed by atoms with Gasteiger partial charge in [0.1, 0.15) is 10.8 Å². The molecule has 0 saturated heterocycles. The van der Waals surface area contributed by atoms with Crippen LogP contribution in [0.1, 0.15) is 22.2 Å². The summed E-state index contributed by atoms with van der Waals surface area (Å²) in [5.74, 6) is -1.66. The van der Waals surface area contributed by atoms with Gasteiger partial charge in [0.2, 0.25) is 0 Å². The van der Waals surface area contributed by atoms with E-state index in [4.69, 9.17) is 0 Å². The minimum absolute atomic E-state index is 0.0367. The number of para-hydroxylation sites is 1. The minimum atomic E-state index is -0.959. The summed E-state index contributed by atoms with van der Waals surface area (Å²) in [6.45, 7) is 1.99. The van der Waals surface area contributed by atoms with Gasteiger partial charge in [-0.3, -0.25) is 14.2 Å². The number of thiazole rings is 1. The zero-order valence-electron chi connectivity index (χ0n) is 17.0. The molecule has 2 heterocycles. The molecule has 6 nitrogen and oxygen atoms in total. The number of halogens is 1. The Balaban J connectivity index is 1.66. The van der Waals surface area contributed by atoms with Crippen molar-refractivity contribution in [2.24, 2.45) is 0 Å². The van der Waals surface area contributed by atoms with Crippen LogP contribution in [0.3, 0.4) is 0 Å². The second-order valence-corrected chi connectivity index (χ2v) is 8.91. The number of benzene rings is 2. The fraction of sp³-hybridized carbons (Fsp3) is 0.174. The van der Waals surface area contributed by atoms with Crippen molar-refractivity contribution in [1.29, 1.82) is 5.26 Å². The van der Waals surface area contributed by atoms with Gasteiger partial charge in [-0.05, 0) is 36.8 Å². The molecule has 4 aromatic rings. The van der Waals surface area contributed by atoms with Crippen LogP contribution in [0.25, 0.3) is 10.9 Å². The number of nitriles is 1. The number of hydrogen-bond acceptors (Lipinski definition) is 7. The summed E-state index contributed by atoms with van der Waals surface area (Å²) in [4.78, 5) is 34.8. The highest BCUT2D eigenvalue weighted by Crippen LogP contribution is 2.25. The van der Waals surface area contributed by atoms with E-state index in [1.54, 1.807) is 48.7 Å². The predicted octanol–water partition coefficient (Wildman–Crippen LogP) is 4.32. The number of ketones is 1. The lowest BCUT2D eigenvalue weighted by Crippen LogP contribution is -2.24. The molecular formula is C23H17FN4O2S2. The number of fused-ring (bicyclic) bond motifs is 1. The number of Topliss-reactive ketones (excluding diaryl/α,β-unsaturated/α-hetero) is 1. The van der Waals surface area contributed by atoms with Gasteiger partial charge in [-0.15, -0.1) is 11.3 Å². The minimum Gasteiger partial charge on any atom is -0.297 e. The molecule has 0 aliphatic carbocycles. The summed E-state index contributed by atoms with van der Waals surface area (Å²) in [5, 5.41) is 12.6. The van der Waals surface area contributed by atoms with Gasteiger partial charge in [-0.25, -0.2) is 14.4 Å². The third-order valence-electron chi connectivity index (χ3n) is 4.76. The predicted molar refractivity (Wildman–Crippen MR) is 122 cm³/mol. The molecule has 2 aromatic carbocycles. The van der Waals surface area contributed by atoms with E-state index in [2.05, 4.69) is 9.97 Å². The van der Waals surface area contributed by atoms with Crippen molar-refractivity contribution in [1.82, 2.24) is 14.5 Å². The van der Waals surface area contributed by atoms with E-state index in [9.17, 15) is 19.2 Å². The highest BCUT2D eigenvalue weighted by atomic mass is 32.2. The molecule has 0 aliphatic heterocycles. The third kappa shape index (κ3) is 4.61. The fourth-order valence-electron chi connectivity index (χ4n) is 3.16. The van der Waals surface area contributed by atoms with Crippen molar-refractivity contribution in [2.45, 2.75) is 24.5 Å². The molecule has 0 N–H and O–H groups in total. The first kappa shape index (κ1) is 21.9. The molecule has 4 rings (SSSR count). The Morgan fingerprint density at radius 1 is 1.22 bits per heavy atom. The largest absolute Gasteiger partial charge is 0.297 e. The first-order valence-corrected chi connectivity index (χ1v) is 11.5. The van der Waals surface area contributed by atoms with Gasteiger partial charge in [-0.1, -0.05) is 36.0 Å². The van der Waals surface area contributed by atoms with Crippen molar-refractivity contribution in [3.05, 3.63) is 86.3 Å². The number of carbonyl (C=O) groups excluding carboxylic acids is 1. The Bertz CT molecular complexity index is 1390. The average molecular weight is 465 g/mol. The van der Waals surface area contributed by atoms with Crippen LogP contribution in [0.2, 0.25) is 0 Å². The number of thioether (sulfide) groups is 1. The first-order chi connectivity index (χ1) is 15.5. The van der Waals surface area contributed by atoms with Crippen LogP contribution >= 0.6 is 23.1 Å². The quantitative estimate of drug-likeness (QED) is 0.299. The second-order valence-electron chi connectivity index (χ2n) is 7.07. The number of aryl methyl sites for hydroxylation is 1. The average Bonchev–Trinajstić information content (AvgIpc) is 3.22. The molecule has 0 bridgehead atoms.